The Kier molecular flexibility index (Phi) is 5.11. The lowest BCUT2D eigenvalue weighted by atomic mass is 9.92. The lowest BCUT2D eigenvalue weighted by Gasteiger charge is -2.29. The van der Waals surface area contributed by atoms with E-state index in [4.69, 9.17) is 9.72 Å². The number of imidazole rings is 1. The Morgan fingerprint density at radius 3 is 2.32 bits per heavy atom. The third-order valence-corrected chi connectivity index (χ3v) is 6.84. The van der Waals surface area contributed by atoms with Gasteiger partial charge in [0.05, 0.1) is 15.5 Å². The Morgan fingerprint density at radius 2 is 1.58 bits per heavy atom. The second kappa shape index (κ2) is 7.93. The van der Waals surface area contributed by atoms with Gasteiger partial charge in [-0.2, -0.15) is 0 Å². The molecular formula is C27H26N2OS. The van der Waals surface area contributed by atoms with E-state index in [1.165, 1.54) is 21.7 Å². The van der Waals surface area contributed by atoms with Crippen LogP contribution in [0.3, 0.4) is 0 Å². The van der Waals surface area contributed by atoms with Crippen LogP contribution in [0.1, 0.15) is 50.7 Å². The number of aromatic nitrogens is 2. The number of hydrogen-bond donors (Lipinski definition) is 0. The van der Waals surface area contributed by atoms with E-state index in [0.717, 1.165) is 27.8 Å². The van der Waals surface area contributed by atoms with Gasteiger partial charge in [-0.1, -0.05) is 81.9 Å². The summed E-state index contributed by atoms with van der Waals surface area (Å²) >= 11 is 1.80. The van der Waals surface area contributed by atoms with Crippen molar-refractivity contribution in [3.05, 3.63) is 84.2 Å². The average Bonchev–Trinajstić information content (AvgIpc) is 3.26. The Labute approximate surface area is 188 Å². The lowest BCUT2D eigenvalue weighted by molar-refractivity contribution is 0.444. The molecule has 4 aromatic rings. The Balaban J connectivity index is 1.81. The Morgan fingerprint density at radius 1 is 0.871 bits per heavy atom. The molecule has 1 aromatic heterocycles. The van der Waals surface area contributed by atoms with Crippen LogP contribution in [0.2, 0.25) is 0 Å². The van der Waals surface area contributed by atoms with Crippen molar-refractivity contribution in [2.45, 2.75) is 49.3 Å². The van der Waals surface area contributed by atoms with E-state index in [9.17, 15) is 0 Å². The van der Waals surface area contributed by atoms with Gasteiger partial charge in [0, 0.05) is 18.0 Å². The van der Waals surface area contributed by atoms with Crippen LogP contribution >= 0.6 is 11.8 Å². The third kappa shape index (κ3) is 3.45. The molecule has 4 heteroatoms. The highest BCUT2D eigenvalue weighted by Gasteiger charge is 2.29. The molecule has 0 unspecified atom stereocenters. The van der Waals surface area contributed by atoms with Crippen LogP contribution in [-0.2, 0) is 0 Å². The van der Waals surface area contributed by atoms with E-state index in [0.29, 0.717) is 11.8 Å². The zero-order chi connectivity index (χ0) is 21.5. The number of hydrogen-bond acceptors (Lipinski definition) is 3. The summed E-state index contributed by atoms with van der Waals surface area (Å²) < 4.78 is 8.77. The van der Waals surface area contributed by atoms with Crippen LogP contribution in [0.4, 0.5) is 0 Å². The molecule has 0 saturated heterocycles. The molecule has 0 fully saturated rings. The summed E-state index contributed by atoms with van der Waals surface area (Å²) in [6.07, 6.45) is 3.96. The van der Waals surface area contributed by atoms with Gasteiger partial charge < -0.3 is 4.74 Å². The van der Waals surface area contributed by atoms with Gasteiger partial charge in [-0.05, 0) is 41.2 Å². The summed E-state index contributed by atoms with van der Waals surface area (Å²) in [4.78, 5) is 7.04. The van der Waals surface area contributed by atoms with Gasteiger partial charge in [0.2, 0.25) is 0 Å². The fraction of sp³-hybridized carbons (Fsp3) is 0.222. The van der Waals surface area contributed by atoms with Crippen molar-refractivity contribution in [2.24, 2.45) is 0 Å². The highest BCUT2D eigenvalue weighted by atomic mass is 32.2. The average molecular weight is 427 g/mol. The molecule has 0 atom stereocenters. The largest absolute Gasteiger partial charge is 0.455 e. The van der Waals surface area contributed by atoms with Gasteiger partial charge in [0.15, 0.2) is 0 Å². The third-order valence-electron chi connectivity index (χ3n) is 5.70. The topological polar surface area (TPSA) is 27.1 Å². The number of rotatable bonds is 4. The van der Waals surface area contributed by atoms with Gasteiger partial charge in [-0.3, -0.25) is 4.57 Å². The van der Waals surface area contributed by atoms with Crippen LogP contribution in [-0.4, -0.2) is 9.55 Å². The number of ether oxygens (including phenoxy) is 1. The maximum atomic E-state index is 6.53. The predicted molar refractivity (Wildman–Crippen MR) is 128 cm³/mol. The molecule has 0 saturated carbocycles. The number of benzene rings is 3. The summed E-state index contributed by atoms with van der Waals surface area (Å²) in [5.41, 5.74) is 4.84. The summed E-state index contributed by atoms with van der Waals surface area (Å²) in [5, 5.41) is 0. The second-order valence-electron chi connectivity index (χ2n) is 8.51. The zero-order valence-corrected chi connectivity index (χ0v) is 19.1. The van der Waals surface area contributed by atoms with Gasteiger partial charge in [0.1, 0.15) is 17.3 Å². The van der Waals surface area contributed by atoms with Gasteiger partial charge in [-0.15, -0.1) is 0 Å². The molecule has 31 heavy (non-hydrogen) atoms. The molecular weight excluding hydrogens is 400 g/mol. The van der Waals surface area contributed by atoms with E-state index < -0.39 is 0 Å². The molecule has 1 aliphatic heterocycles. The summed E-state index contributed by atoms with van der Waals surface area (Å²) in [6, 6.07) is 21.0. The SMILES string of the molecule is CC(C)c1cc(C(C)C)c(-n2ccnc2-c2ccccc2)c2c1Oc1ccccc1S2. The minimum absolute atomic E-state index is 0.363. The Bertz CT molecular complexity index is 1240. The van der Waals surface area contributed by atoms with E-state index in [2.05, 4.69) is 87.0 Å². The fourth-order valence-electron chi connectivity index (χ4n) is 4.11. The van der Waals surface area contributed by atoms with Crippen molar-refractivity contribution in [1.82, 2.24) is 9.55 Å². The van der Waals surface area contributed by atoms with Crippen LogP contribution < -0.4 is 4.74 Å². The number of fused-ring (bicyclic) bond motifs is 2. The molecule has 3 aromatic carbocycles. The first-order chi connectivity index (χ1) is 15.0. The summed E-state index contributed by atoms with van der Waals surface area (Å²) in [6.45, 7) is 8.99. The molecule has 0 spiro atoms. The highest BCUT2D eigenvalue weighted by Crippen LogP contribution is 2.54. The van der Waals surface area contributed by atoms with Crippen LogP contribution in [0.15, 0.2) is 82.8 Å². The van der Waals surface area contributed by atoms with Crippen LogP contribution in [0.5, 0.6) is 11.5 Å². The van der Waals surface area contributed by atoms with Gasteiger partial charge in [0.25, 0.3) is 0 Å². The normalized spacial score (nSPS) is 12.6. The molecule has 5 rings (SSSR count). The van der Waals surface area contributed by atoms with Crippen molar-refractivity contribution in [3.63, 3.8) is 0 Å². The van der Waals surface area contributed by atoms with Crippen LogP contribution in [0.25, 0.3) is 17.1 Å². The maximum Gasteiger partial charge on any atom is 0.147 e. The van der Waals surface area contributed by atoms with Crippen molar-refractivity contribution in [1.29, 1.82) is 0 Å². The van der Waals surface area contributed by atoms with E-state index in [1.54, 1.807) is 11.8 Å². The summed E-state index contributed by atoms with van der Waals surface area (Å²) in [5.74, 6) is 3.58. The molecule has 2 heterocycles. The summed E-state index contributed by atoms with van der Waals surface area (Å²) in [7, 11) is 0. The number of nitrogens with zero attached hydrogens (tertiary/aromatic N) is 2. The smallest absolute Gasteiger partial charge is 0.147 e. The molecule has 0 aliphatic carbocycles. The first-order valence-electron chi connectivity index (χ1n) is 10.8. The minimum atomic E-state index is 0.363. The quantitative estimate of drug-likeness (QED) is 0.291. The fourth-order valence-corrected chi connectivity index (χ4v) is 5.25. The second-order valence-corrected chi connectivity index (χ2v) is 9.56. The first kappa shape index (κ1) is 20.0. The van der Waals surface area contributed by atoms with Crippen molar-refractivity contribution in [2.75, 3.05) is 0 Å². The highest BCUT2D eigenvalue weighted by molar-refractivity contribution is 7.99. The van der Waals surface area contributed by atoms with Gasteiger partial charge in [-0.25, -0.2) is 4.98 Å². The van der Waals surface area contributed by atoms with Crippen molar-refractivity contribution < 1.29 is 4.74 Å². The molecule has 0 radical (unpaired) electrons. The Hall–Kier alpha value is -2.98. The van der Waals surface area contributed by atoms with Gasteiger partial charge >= 0.3 is 0 Å². The molecule has 0 amide bonds. The molecule has 3 nitrogen and oxygen atoms in total. The molecule has 1 aliphatic rings. The maximum absolute atomic E-state index is 6.53. The zero-order valence-electron chi connectivity index (χ0n) is 18.3. The number of para-hydroxylation sites is 1. The van der Waals surface area contributed by atoms with E-state index >= 15 is 0 Å². The molecule has 0 bridgehead atoms. The van der Waals surface area contributed by atoms with Crippen molar-refractivity contribution in [3.8, 4) is 28.6 Å². The lowest BCUT2D eigenvalue weighted by Crippen LogP contribution is -2.10. The first-order valence-corrected chi connectivity index (χ1v) is 11.6. The van der Waals surface area contributed by atoms with E-state index in [-0.39, 0.29) is 0 Å². The minimum Gasteiger partial charge on any atom is -0.455 e. The molecule has 0 N–H and O–H groups in total. The predicted octanol–water partition coefficient (Wildman–Crippen LogP) is 8.04. The van der Waals surface area contributed by atoms with Crippen LogP contribution in [0, 0.1) is 0 Å². The van der Waals surface area contributed by atoms with Crippen molar-refractivity contribution >= 4 is 11.8 Å². The molecule has 156 valence electrons. The van der Waals surface area contributed by atoms with E-state index in [1.807, 2.05) is 18.3 Å². The monoisotopic (exact) mass is 426 g/mol. The standard InChI is InChI=1S/C27H26N2OS/c1-17(2)20-16-21(18(3)4)25-26(31-23-13-9-8-12-22(23)30-25)24(20)29-15-14-28-27(29)19-10-6-5-7-11-19/h5-18H,1-4H3.